The van der Waals surface area contributed by atoms with E-state index in [2.05, 4.69) is 18.7 Å². The van der Waals surface area contributed by atoms with E-state index in [0.29, 0.717) is 32.0 Å². The maximum Gasteiger partial charge on any atom is 0.224 e. The molecular weight excluding hydrogens is 220 g/mol. The zero-order valence-electron chi connectivity index (χ0n) is 11.2. The fourth-order valence-electron chi connectivity index (χ4n) is 1.76. The monoisotopic (exact) mass is 246 g/mol. The SMILES string of the molecule is CC(C)CN(C)CCC(=O)N(CCO)CCO. The molecule has 0 heterocycles. The highest BCUT2D eigenvalue weighted by Crippen LogP contribution is 1.99. The molecule has 0 spiro atoms. The van der Waals surface area contributed by atoms with Crippen molar-refractivity contribution in [2.24, 2.45) is 5.92 Å². The van der Waals surface area contributed by atoms with Crippen molar-refractivity contribution >= 4 is 5.91 Å². The minimum absolute atomic E-state index is 0.0105. The van der Waals surface area contributed by atoms with Gasteiger partial charge in [0.2, 0.25) is 5.91 Å². The van der Waals surface area contributed by atoms with Crippen molar-refractivity contribution in [1.29, 1.82) is 0 Å². The van der Waals surface area contributed by atoms with Crippen molar-refractivity contribution in [2.75, 3.05) is 46.4 Å². The molecule has 2 N–H and O–H groups in total. The number of hydrogen-bond acceptors (Lipinski definition) is 4. The van der Waals surface area contributed by atoms with Gasteiger partial charge in [-0.05, 0) is 13.0 Å². The van der Waals surface area contributed by atoms with E-state index in [4.69, 9.17) is 10.2 Å². The van der Waals surface area contributed by atoms with Crippen molar-refractivity contribution in [1.82, 2.24) is 9.80 Å². The summed E-state index contributed by atoms with van der Waals surface area (Å²) >= 11 is 0. The van der Waals surface area contributed by atoms with Gasteiger partial charge in [-0.2, -0.15) is 0 Å². The largest absolute Gasteiger partial charge is 0.395 e. The Bertz CT molecular complexity index is 204. The summed E-state index contributed by atoms with van der Waals surface area (Å²) in [7, 11) is 2.00. The van der Waals surface area contributed by atoms with E-state index < -0.39 is 0 Å². The molecule has 0 saturated heterocycles. The normalized spacial score (nSPS) is 11.2. The summed E-state index contributed by atoms with van der Waals surface area (Å²) in [6.07, 6.45) is 0.434. The van der Waals surface area contributed by atoms with Crippen LogP contribution in [-0.2, 0) is 4.79 Å². The Morgan fingerprint density at radius 3 is 2.06 bits per heavy atom. The van der Waals surface area contributed by atoms with Gasteiger partial charge >= 0.3 is 0 Å². The number of carbonyl (C=O) groups is 1. The van der Waals surface area contributed by atoms with Gasteiger partial charge in [0.15, 0.2) is 0 Å². The van der Waals surface area contributed by atoms with E-state index >= 15 is 0 Å². The van der Waals surface area contributed by atoms with E-state index in [0.717, 1.165) is 6.54 Å². The number of hydrogen-bond donors (Lipinski definition) is 2. The molecule has 0 rings (SSSR count). The molecule has 5 nitrogen and oxygen atoms in total. The van der Waals surface area contributed by atoms with Crippen LogP contribution in [0.4, 0.5) is 0 Å². The molecule has 102 valence electrons. The Balaban J connectivity index is 3.95. The first-order chi connectivity index (χ1) is 8.01. The van der Waals surface area contributed by atoms with Gasteiger partial charge in [0.1, 0.15) is 0 Å². The molecule has 0 aromatic heterocycles. The molecule has 5 heteroatoms. The molecular formula is C12H26N2O3. The molecule has 1 amide bonds. The van der Waals surface area contributed by atoms with Crippen LogP contribution in [0.2, 0.25) is 0 Å². The second kappa shape index (κ2) is 9.39. The Labute approximate surface area is 104 Å². The molecule has 0 aliphatic heterocycles. The van der Waals surface area contributed by atoms with Crippen molar-refractivity contribution in [3.05, 3.63) is 0 Å². The van der Waals surface area contributed by atoms with Gasteiger partial charge in [-0.25, -0.2) is 0 Å². The van der Waals surface area contributed by atoms with Crippen LogP contribution < -0.4 is 0 Å². The van der Waals surface area contributed by atoms with Gasteiger partial charge in [-0.15, -0.1) is 0 Å². The number of rotatable bonds is 9. The highest BCUT2D eigenvalue weighted by atomic mass is 16.3. The second-order valence-corrected chi connectivity index (χ2v) is 4.73. The minimum Gasteiger partial charge on any atom is -0.395 e. The van der Waals surface area contributed by atoms with Crippen molar-refractivity contribution < 1.29 is 15.0 Å². The molecule has 0 aromatic carbocycles. The summed E-state index contributed by atoms with van der Waals surface area (Å²) in [5, 5.41) is 17.6. The maximum absolute atomic E-state index is 11.8. The Morgan fingerprint density at radius 1 is 1.12 bits per heavy atom. The average molecular weight is 246 g/mol. The predicted molar refractivity (Wildman–Crippen MR) is 67.7 cm³/mol. The predicted octanol–water partition coefficient (Wildman–Crippen LogP) is -0.222. The van der Waals surface area contributed by atoms with Crippen LogP contribution in [0, 0.1) is 5.92 Å². The van der Waals surface area contributed by atoms with Crippen LogP contribution in [0.25, 0.3) is 0 Å². The molecule has 0 saturated carbocycles. The number of amides is 1. The van der Waals surface area contributed by atoms with Crippen LogP contribution in [0.5, 0.6) is 0 Å². The summed E-state index contributed by atoms with van der Waals surface area (Å²) in [6.45, 7) is 6.43. The topological polar surface area (TPSA) is 64.0 Å². The van der Waals surface area contributed by atoms with Gasteiger partial charge in [0, 0.05) is 32.6 Å². The highest BCUT2D eigenvalue weighted by molar-refractivity contribution is 5.76. The van der Waals surface area contributed by atoms with Crippen LogP contribution in [-0.4, -0.2) is 72.4 Å². The first-order valence-electron chi connectivity index (χ1n) is 6.19. The van der Waals surface area contributed by atoms with Gasteiger partial charge in [-0.1, -0.05) is 13.8 Å². The molecule has 17 heavy (non-hydrogen) atoms. The van der Waals surface area contributed by atoms with Crippen LogP contribution >= 0.6 is 0 Å². The lowest BCUT2D eigenvalue weighted by molar-refractivity contribution is -0.132. The third kappa shape index (κ3) is 8.12. The molecule has 0 unspecified atom stereocenters. The minimum atomic E-state index is -0.0619. The van der Waals surface area contributed by atoms with Crippen molar-refractivity contribution in [3.63, 3.8) is 0 Å². The van der Waals surface area contributed by atoms with Gasteiger partial charge in [0.25, 0.3) is 0 Å². The Morgan fingerprint density at radius 2 is 1.65 bits per heavy atom. The number of aliphatic hydroxyl groups is 2. The first-order valence-corrected chi connectivity index (χ1v) is 6.19. The lowest BCUT2D eigenvalue weighted by Crippen LogP contribution is -2.38. The third-order valence-corrected chi connectivity index (χ3v) is 2.48. The summed E-state index contributed by atoms with van der Waals surface area (Å²) in [5.74, 6) is 0.574. The van der Waals surface area contributed by atoms with Crippen LogP contribution in [0.15, 0.2) is 0 Å². The molecule has 0 aliphatic rings. The molecule has 0 fully saturated rings. The van der Waals surface area contributed by atoms with Gasteiger partial charge < -0.3 is 20.0 Å². The summed E-state index contributed by atoms with van der Waals surface area (Å²) in [4.78, 5) is 15.4. The third-order valence-electron chi connectivity index (χ3n) is 2.48. The number of nitrogens with zero attached hydrogens (tertiary/aromatic N) is 2. The van der Waals surface area contributed by atoms with Crippen LogP contribution in [0.1, 0.15) is 20.3 Å². The van der Waals surface area contributed by atoms with E-state index in [1.54, 1.807) is 0 Å². The quantitative estimate of drug-likeness (QED) is 0.590. The maximum atomic E-state index is 11.8. The van der Waals surface area contributed by atoms with E-state index in [9.17, 15) is 4.79 Å². The summed E-state index contributed by atoms with van der Waals surface area (Å²) in [6, 6.07) is 0. The van der Waals surface area contributed by atoms with E-state index in [-0.39, 0.29) is 19.1 Å². The zero-order valence-corrected chi connectivity index (χ0v) is 11.2. The number of aliphatic hydroxyl groups excluding tert-OH is 2. The molecule has 0 aliphatic carbocycles. The molecule has 0 bridgehead atoms. The Hall–Kier alpha value is -0.650. The smallest absolute Gasteiger partial charge is 0.224 e. The highest BCUT2D eigenvalue weighted by Gasteiger charge is 2.13. The molecule has 0 radical (unpaired) electrons. The summed E-state index contributed by atoms with van der Waals surface area (Å²) < 4.78 is 0. The second-order valence-electron chi connectivity index (χ2n) is 4.73. The van der Waals surface area contributed by atoms with E-state index in [1.165, 1.54) is 4.90 Å². The van der Waals surface area contributed by atoms with E-state index in [1.807, 2.05) is 7.05 Å². The first kappa shape index (κ1) is 16.4. The lowest BCUT2D eigenvalue weighted by Gasteiger charge is -2.23. The molecule has 0 atom stereocenters. The summed E-state index contributed by atoms with van der Waals surface area (Å²) in [5.41, 5.74) is 0. The van der Waals surface area contributed by atoms with Gasteiger partial charge in [-0.3, -0.25) is 4.79 Å². The fraction of sp³-hybridized carbons (Fsp3) is 0.917. The van der Waals surface area contributed by atoms with Gasteiger partial charge in [0.05, 0.1) is 13.2 Å². The number of carbonyl (C=O) groups excluding carboxylic acids is 1. The molecule has 0 aromatic rings. The Kier molecular flexibility index (Phi) is 9.03. The fourth-order valence-corrected chi connectivity index (χ4v) is 1.76. The standard InChI is InChI=1S/C12H26N2O3/c1-11(2)10-13(3)5-4-12(17)14(6-8-15)7-9-16/h11,15-16H,4-10H2,1-3H3. The van der Waals surface area contributed by atoms with Crippen LogP contribution in [0.3, 0.4) is 0 Å². The lowest BCUT2D eigenvalue weighted by atomic mass is 10.2. The average Bonchev–Trinajstić information content (AvgIpc) is 2.24. The van der Waals surface area contributed by atoms with Crippen molar-refractivity contribution in [2.45, 2.75) is 20.3 Å². The zero-order chi connectivity index (χ0) is 13.3. The van der Waals surface area contributed by atoms with Crippen molar-refractivity contribution in [3.8, 4) is 0 Å².